The van der Waals surface area contributed by atoms with Crippen LogP contribution < -0.4 is 0 Å². The summed E-state index contributed by atoms with van der Waals surface area (Å²) in [6.07, 6.45) is 2.30. The molecule has 0 spiro atoms. The fourth-order valence-electron chi connectivity index (χ4n) is 21.3. The van der Waals surface area contributed by atoms with Crippen LogP contribution in [0.5, 0.6) is 0 Å². The van der Waals surface area contributed by atoms with Gasteiger partial charge in [-0.2, -0.15) is 0 Å². The van der Waals surface area contributed by atoms with Gasteiger partial charge < -0.3 is 0 Å². The van der Waals surface area contributed by atoms with Gasteiger partial charge in [-0.25, -0.2) is 0 Å². The molecule has 0 atom stereocenters. The highest BCUT2D eigenvalue weighted by atomic mass is 14.3. The monoisotopic (exact) mass is 1720 g/mol. The van der Waals surface area contributed by atoms with Crippen molar-refractivity contribution >= 4 is 130 Å². The van der Waals surface area contributed by atoms with E-state index >= 15 is 0 Å². The maximum Gasteiger partial charge on any atom is -0.00201 e. The van der Waals surface area contributed by atoms with E-state index in [2.05, 4.69) is 546 Å². The predicted molar refractivity (Wildman–Crippen MR) is 586 cm³/mol. The van der Waals surface area contributed by atoms with Crippen LogP contribution in [0.3, 0.4) is 0 Å². The summed E-state index contributed by atoms with van der Waals surface area (Å²) < 4.78 is 0. The molecule has 0 nitrogen and oxygen atoms in total. The van der Waals surface area contributed by atoms with Gasteiger partial charge >= 0.3 is 0 Å². The second-order valence-electron chi connectivity index (χ2n) is 35.4. The summed E-state index contributed by atoms with van der Waals surface area (Å²) in [6.45, 7) is 0. The van der Waals surface area contributed by atoms with E-state index in [4.69, 9.17) is 0 Å². The Bertz CT molecular complexity index is 8730. The van der Waals surface area contributed by atoms with Crippen LogP contribution in [0.4, 0.5) is 0 Å². The second kappa shape index (κ2) is 35.9. The van der Waals surface area contributed by atoms with Gasteiger partial charge in [0, 0.05) is 0 Å². The third kappa shape index (κ3) is 15.3. The molecule has 0 fully saturated rings. The Morgan fingerprint density at radius 1 is 0.118 bits per heavy atom. The first kappa shape index (κ1) is 81.5. The molecule has 0 unspecified atom stereocenters. The van der Waals surface area contributed by atoms with Gasteiger partial charge in [-0.1, -0.05) is 497 Å². The molecule has 0 aromatic heterocycles. The zero-order valence-corrected chi connectivity index (χ0v) is 75.0. The quantitative estimate of drug-likeness (QED) is 0.0797. The average molecular weight is 1720 g/mol. The highest BCUT2D eigenvalue weighted by molar-refractivity contribution is 6.27. The summed E-state index contributed by atoms with van der Waals surface area (Å²) >= 11 is 0. The Morgan fingerprint density at radius 2 is 0.353 bits per heavy atom. The lowest BCUT2D eigenvalue weighted by atomic mass is 9.83. The van der Waals surface area contributed by atoms with Crippen molar-refractivity contribution in [2.24, 2.45) is 0 Å². The summed E-state index contributed by atoms with van der Waals surface area (Å²) in [5.74, 6) is 0. The molecule has 136 heavy (non-hydrogen) atoms. The Labute approximate surface area is 792 Å². The largest absolute Gasteiger partial charge is 0.0622 e. The molecule has 0 saturated carbocycles. The molecular formula is C136H90. The maximum absolute atomic E-state index is 2.42. The fourth-order valence-corrected chi connectivity index (χ4v) is 21.3. The van der Waals surface area contributed by atoms with Gasteiger partial charge in [0.2, 0.25) is 0 Å². The number of benzene rings is 26. The molecule has 0 aliphatic rings. The van der Waals surface area contributed by atoms with Crippen LogP contribution in [0, 0.1) is 0 Å². The molecular weight excluding hydrogens is 1630 g/mol. The fraction of sp³-hybridized carbons (Fsp3) is 0. The molecule has 26 aromatic rings. The standard InChI is InChI=1S/C50H32.C44H30.C42H28/c1-4-20-39-33(14-1)17-11-27-42(39)36-30-37(43-28-12-18-34-15-2-5-21-40(34)43)32-38(31-36)49-45-23-7-9-25-47(45)50(48-26-10-8-24-46(48)49)44-29-13-19-35-16-3-6-22-41(35)44;1-3-14-33(15-4-1)42(34-16-5-2-6-17-34)30-31-26-28-35(29-27-31)43-38-21-9-11-23-40(38)44(41-24-12-10-22-39(41)43)37-25-13-19-32-18-7-8-20-36(32)37;1-3-13-29(14-4-1)34-26-35(30-15-5-2-6-16-30)28-36(27-34)42-39-21-11-9-19-37(39)41(38-20-10-12-22-40(38)42)33-24-23-31-17-7-8-18-32(31)25-33/h1-32H;1-30H;1-28H. The second-order valence-corrected chi connectivity index (χ2v) is 35.4. The molecule has 0 N–H and O–H groups in total. The van der Waals surface area contributed by atoms with Crippen molar-refractivity contribution in [3.05, 3.63) is 557 Å². The van der Waals surface area contributed by atoms with Crippen LogP contribution in [0.15, 0.2) is 540 Å². The van der Waals surface area contributed by atoms with Crippen molar-refractivity contribution in [3.8, 4) is 111 Å². The van der Waals surface area contributed by atoms with Crippen LogP contribution in [-0.4, -0.2) is 0 Å². The average Bonchev–Trinajstić information content (AvgIpc) is 0.521. The minimum absolute atomic E-state index is 1.18. The zero-order valence-electron chi connectivity index (χ0n) is 75.0. The minimum Gasteiger partial charge on any atom is -0.0622 e. The van der Waals surface area contributed by atoms with Gasteiger partial charge in [0.1, 0.15) is 0 Å². The van der Waals surface area contributed by atoms with Gasteiger partial charge in [0.15, 0.2) is 0 Å². The molecule has 0 heteroatoms. The number of hydrogen-bond acceptors (Lipinski definition) is 0. The Balaban J connectivity index is 0.000000112. The number of hydrogen-bond donors (Lipinski definition) is 0. The Morgan fingerprint density at radius 3 is 0.706 bits per heavy atom. The lowest BCUT2D eigenvalue weighted by Gasteiger charge is -2.20. The third-order valence-corrected chi connectivity index (χ3v) is 27.5. The van der Waals surface area contributed by atoms with Crippen LogP contribution in [0.25, 0.3) is 241 Å². The minimum atomic E-state index is 1.18. The smallest absolute Gasteiger partial charge is 0.00201 e. The van der Waals surface area contributed by atoms with Gasteiger partial charge in [-0.05, 0) is 301 Å². The zero-order chi connectivity index (χ0) is 90.2. The van der Waals surface area contributed by atoms with E-state index in [0.29, 0.717) is 0 Å². The molecule has 0 saturated heterocycles. The number of rotatable bonds is 13. The van der Waals surface area contributed by atoms with E-state index in [-0.39, 0.29) is 0 Å². The van der Waals surface area contributed by atoms with E-state index in [1.807, 2.05) is 0 Å². The predicted octanol–water partition coefficient (Wildman–Crippen LogP) is 38.0. The van der Waals surface area contributed by atoms with Crippen molar-refractivity contribution in [1.29, 1.82) is 0 Å². The molecule has 0 radical (unpaired) electrons. The summed E-state index contributed by atoms with van der Waals surface area (Å²) in [7, 11) is 0. The van der Waals surface area contributed by atoms with Gasteiger partial charge in [0.05, 0.1) is 0 Å². The van der Waals surface area contributed by atoms with Crippen LogP contribution in [-0.2, 0) is 0 Å². The summed E-state index contributed by atoms with van der Waals surface area (Å²) in [6, 6.07) is 197. The number of fused-ring (bicyclic) bond motifs is 11. The molecule has 0 aliphatic heterocycles. The Hall–Kier alpha value is -17.7. The Kier molecular flexibility index (Phi) is 21.5. The highest BCUT2D eigenvalue weighted by Gasteiger charge is 2.25. The topological polar surface area (TPSA) is 0 Å². The summed E-state index contributed by atoms with van der Waals surface area (Å²) in [5, 5.41) is 27.8. The first-order valence-electron chi connectivity index (χ1n) is 47.1. The van der Waals surface area contributed by atoms with Gasteiger partial charge in [-0.15, -0.1) is 0 Å². The molecule has 0 amide bonds. The van der Waals surface area contributed by atoms with Crippen molar-refractivity contribution < 1.29 is 0 Å². The van der Waals surface area contributed by atoms with Crippen molar-refractivity contribution in [1.82, 2.24) is 0 Å². The lowest BCUT2D eigenvalue weighted by Crippen LogP contribution is -1.93. The SMILES string of the molecule is C(=C(c1ccccc1)c1ccccc1)c1ccc(-c2c3ccccc3c(-c3cccc4ccccc34)c3ccccc23)cc1.c1ccc(-c2cc(-c3ccccc3)cc(-c3c4ccccc4c(-c4ccc5ccccc5c4)c4ccccc34)c2)cc1.c1ccc2c(-c3cc(-c4cccc5ccccc45)cc(-c4c5ccccc5c(-c5cccc6ccccc56)c5ccccc45)c3)cccc2c1. The van der Waals surface area contributed by atoms with Crippen LogP contribution in [0.1, 0.15) is 16.7 Å². The van der Waals surface area contributed by atoms with Crippen molar-refractivity contribution in [2.75, 3.05) is 0 Å². The van der Waals surface area contributed by atoms with Crippen molar-refractivity contribution in [3.63, 3.8) is 0 Å². The summed E-state index contributed by atoms with van der Waals surface area (Å²) in [5.41, 5.74) is 29.8. The molecule has 26 aromatic carbocycles. The highest BCUT2D eigenvalue weighted by Crippen LogP contribution is 2.52. The molecule has 0 bridgehead atoms. The molecule has 26 rings (SSSR count). The first-order chi connectivity index (χ1) is 67.5. The molecule has 634 valence electrons. The van der Waals surface area contributed by atoms with Gasteiger partial charge in [0.25, 0.3) is 0 Å². The van der Waals surface area contributed by atoms with E-state index in [1.54, 1.807) is 0 Å². The third-order valence-electron chi connectivity index (χ3n) is 27.5. The lowest BCUT2D eigenvalue weighted by molar-refractivity contribution is 1.55. The van der Waals surface area contributed by atoms with E-state index in [1.165, 1.54) is 252 Å². The van der Waals surface area contributed by atoms with Crippen LogP contribution in [0.2, 0.25) is 0 Å². The van der Waals surface area contributed by atoms with E-state index in [0.717, 1.165) is 0 Å². The van der Waals surface area contributed by atoms with E-state index in [9.17, 15) is 0 Å². The normalized spacial score (nSPS) is 11.4. The van der Waals surface area contributed by atoms with Crippen LogP contribution >= 0.6 is 0 Å². The van der Waals surface area contributed by atoms with Crippen molar-refractivity contribution in [2.45, 2.75) is 0 Å². The summed E-state index contributed by atoms with van der Waals surface area (Å²) in [4.78, 5) is 0. The first-order valence-corrected chi connectivity index (χ1v) is 47.1. The maximum atomic E-state index is 2.42. The molecule has 0 aliphatic carbocycles. The molecule has 0 heterocycles. The van der Waals surface area contributed by atoms with E-state index < -0.39 is 0 Å². The van der Waals surface area contributed by atoms with Gasteiger partial charge in [-0.3, -0.25) is 0 Å².